The molecule has 0 bridgehead atoms. The van der Waals surface area contributed by atoms with Gasteiger partial charge in [-0.15, -0.1) is 0 Å². The maximum Gasteiger partial charge on any atom is 0.411 e. The molecule has 0 aliphatic heterocycles. The molecule has 18 heavy (non-hydrogen) atoms. The van der Waals surface area contributed by atoms with Crippen LogP contribution in [-0.2, 0) is 4.74 Å². The summed E-state index contributed by atoms with van der Waals surface area (Å²) in [6.45, 7) is 0. The molecular weight excluding hydrogens is 234 g/mol. The number of rotatable bonds is 3. The minimum atomic E-state index is -0.542. The molecule has 0 saturated carbocycles. The first-order chi connectivity index (χ1) is 8.72. The number of hydrogen-bond acceptors (Lipinski definition) is 4. The van der Waals surface area contributed by atoms with Gasteiger partial charge in [0.05, 0.1) is 7.11 Å². The maximum atomic E-state index is 11.1. The van der Waals surface area contributed by atoms with Gasteiger partial charge < -0.3 is 9.15 Å². The fourth-order valence-electron chi connectivity index (χ4n) is 1.49. The Hall–Kier alpha value is -2.56. The van der Waals surface area contributed by atoms with Crippen molar-refractivity contribution in [1.29, 1.82) is 0 Å². The average molecular weight is 245 g/mol. The number of carbonyl (C=O) groups is 2. The van der Waals surface area contributed by atoms with Crippen LogP contribution in [0.5, 0.6) is 0 Å². The molecule has 0 unspecified atom stereocenters. The number of hydrogen-bond donors (Lipinski definition) is 1. The van der Waals surface area contributed by atoms with E-state index in [0.29, 0.717) is 17.7 Å². The standard InChI is InChI=1S/C13H11NO4/c1-17-13(16)14-10-4-2-3-9(7-10)12-6-5-11(8-15)18-12/h2-8H,1H3,(H,14,16). The van der Waals surface area contributed by atoms with Gasteiger partial charge in [-0.25, -0.2) is 4.79 Å². The Labute approximate surface area is 103 Å². The molecule has 2 rings (SSSR count). The molecule has 0 fully saturated rings. The Bertz CT molecular complexity index is 574. The first-order valence-electron chi connectivity index (χ1n) is 5.23. The minimum Gasteiger partial charge on any atom is -0.453 e. The zero-order valence-electron chi connectivity index (χ0n) is 9.67. The third-order valence-corrected chi connectivity index (χ3v) is 2.32. The second-order valence-corrected chi connectivity index (χ2v) is 3.52. The Morgan fingerprint density at radius 1 is 1.33 bits per heavy atom. The van der Waals surface area contributed by atoms with Crippen LogP contribution in [0.25, 0.3) is 11.3 Å². The molecule has 1 aromatic carbocycles. The van der Waals surface area contributed by atoms with Crippen molar-refractivity contribution in [3.63, 3.8) is 0 Å². The van der Waals surface area contributed by atoms with Crippen molar-refractivity contribution in [2.75, 3.05) is 12.4 Å². The van der Waals surface area contributed by atoms with Crippen LogP contribution in [0, 0.1) is 0 Å². The Morgan fingerprint density at radius 2 is 2.17 bits per heavy atom. The molecule has 92 valence electrons. The van der Waals surface area contributed by atoms with E-state index in [0.717, 1.165) is 5.56 Å². The molecule has 0 radical (unpaired) electrons. The first-order valence-corrected chi connectivity index (χ1v) is 5.23. The lowest BCUT2D eigenvalue weighted by atomic mass is 10.1. The Morgan fingerprint density at radius 3 is 2.83 bits per heavy atom. The molecular formula is C13H11NO4. The van der Waals surface area contributed by atoms with Crippen molar-refractivity contribution >= 4 is 18.1 Å². The smallest absolute Gasteiger partial charge is 0.411 e. The Balaban J connectivity index is 2.26. The molecule has 1 aromatic heterocycles. The van der Waals surface area contributed by atoms with E-state index in [9.17, 15) is 9.59 Å². The third-order valence-electron chi connectivity index (χ3n) is 2.32. The number of furan rings is 1. The summed E-state index contributed by atoms with van der Waals surface area (Å²) in [5, 5.41) is 2.55. The SMILES string of the molecule is COC(=O)Nc1cccc(-c2ccc(C=O)o2)c1. The predicted octanol–water partition coefficient (Wildman–Crippen LogP) is 2.94. The molecule has 1 N–H and O–H groups in total. The highest BCUT2D eigenvalue weighted by molar-refractivity contribution is 5.85. The van der Waals surface area contributed by atoms with Crippen molar-refractivity contribution in [2.45, 2.75) is 0 Å². The van der Waals surface area contributed by atoms with Crippen LogP contribution in [0.4, 0.5) is 10.5 Å². The van der Waals surface area contributed by atoms with E-state index in [1.807, 2.05) is 6.07 Å². The fraction of sp³-hybridized carbons (Fsp3) is 0.0769. The van der Waals surface area contributed by atoms with Crippen LogP contribution < -0.4 is 5.32 Å². The first kappa shape index (κ1) is 11.9. The molecule has 1 amide bonds. The van der Waals surface area contributed by atoms with E-state index in [1.165, 1.54) is 7.11 Å². The molecule has 0 aliphatic rings. The van der Waals surface area contributed by atoms with Crippen LogP contribution in [0.3, 0.4) is 0 Å². The number of methoxy groups -OCH3 is 1. The van der Waals surface area contributed by atoms with E-state index in [-0.39, 0.29) is 5.76 Å². The summed E-state index contributed by atoms with van der Waals surface area (Å²) in [5.74, 6) is 0.821. The second kappa shape index (κ2) is 5.18. The van der Waals surface area contributed by atoms with Gasteiger partial charge >= 0.3 is 6.09 Å². The van der Waals surface area contributed by atoms with Gasteiger partial charge in [-0.2, -0.15) is 0 Å². The molecule has 2 aromatic rings. The molecule has 0 spiro atoms. The number of nitrogens with one attached hydrogen (secondary N) is 1. The van der Waals surface area contributed by atoms with Gasteiger partial charge in [0.2, 0.25) is 0 Å². The molecule has 5 heteroatoms. The monoisotopic (exact) mass is 245 g/mol. The van der Waals surface area contributed by atoms with Gasteiger partial charge in [0.25, 0.3) is 0 Å². The lowest BCUT2D eigenvalue weighted by Gasteiger charge is -2.04. The summed E-state index contributed by atoms with van der Waals surface area (Å²) in [5.41, 5.74) is 1.35. The maximum absolute atomic E-state index is 11.1. The van der Waals surface area contributed by atoms with Crippen LogP contribution >= 0.6 is 0 Å². The van der Waals surface area contributed by atoms with Gasteiger partial charge in [0, 0.05) is 11.3 Å². The van der Waals surface area contributed by atoms with Crippen LogP contribution in [-0.4, -0.2) is 19.5 Å². The van der Waals surface area contributed by atoms with Crippen molar-refractivity contribution in [3.05, 3.63) is 42.2 Å². The van der Waals surface area contributed by atoms with Gasteiger partial charge in [-0.3, -0.25) is 10.1 Å². The summed E-state index contributed by atoms with van der Waals surface area (Å²) < 4.78 is 9.79. The van der Waals surface area contributed by atoms with Crippen molar-refractivity contribution in [1.82, 2.24) is 0 Å². The van der Waals surface area contributed by atoms with E-state index in [1.54, 1.807) is 30.3 Å². The van der Waals surface area contributed by atoms with Crippen LogP contribution in [0.15, 0.2) is 40.8 Å². The van der Waals surface area contributed by atoms with Gasteiger partial charge in [0.1, 0.15) is 5.76 Å². The quantitative estimate of drug-likeness (QED) is 0.844. The lowest BCUT2D eigenvalue weighted by Crippen LogP contribution is -2.10. The van der Waals surface area contributed by atoms with E-state index in [2.05, 4.69) is 10.1 Å². The molecule has 0 aliphatic carbocycles. The number of amides is 1. The summed E-state index contributed by atoms with van der Waals surface area (Å²) in [6.07, 6.45) is 0.0974. The Kier molecular flexibility index (Phi) is 3.43. The minimum absolute atomic E-state index is 0.260. The fourth-order valence-corrected chi connectivity index (χ4v) is 1.49. The largest absolute Gasteiger partial charge is 0.453 e. The summed E-state index contributed by atoms with van der Waals surface area (Å²) in [6, 6.07) is 10.3. The van der Waals surface area contributed by atoms with Crippen molar-refractivity contribution < 1.29 is 18.7 Å². The normalized spacial score (nSPS) is 9.83. The third kappa shape index (κ3) is 2.57. The van der Waals surface area contributed by atoms with Crippen LogP contribution in [0.2, 0.25) is 0 Å². The molecule has 1 heterocycles. The highest BCUT2D eigenvalue weighted by Crippen LogP contribution is 2.24. The predicted molar refractivity (Wildman–Crippen MR) is 65.6 cm³/mol. The molecule has 0 atom stereocenters. The number of aldehydes is 1. The summed E-state index contributed by atoms with van der Waals surface area (Å²) in [7, 11) is 1.29. The zero-order valence-corrected chi connectivity index (χ0v) is 9.67. The number of carbonyl (C=O) groups excluding carboxylic acids is 2. The number of anilines is 1. The van der Waals surface area contributed by atoms with Crippen molar-refractivity contribution in [2.24, 2.45) is 0 Å². The molecule has 5 nitrogen and oxygen atoms in total. The highest BCUT2D eigenvalue weighted by Gasteiger charge is 2.06. The van der Waals surface area contributed by atoms with Gasteiger partial charge in [0.15, 0.2) is 12.0 Å². The highest BCUT2D eigenvalue weighted by atomic mass is 16.5. The lowest BCUT2D eigenvalue weighted by molar-refractivity contribution is 0.110. The molecule has 0 saturated heterocycles. The van der Waals surface area contributed by atoms with E-state index < -0.39 is 6.09 Å². The van der Waals surface area contributed by atoms with E-state index in [4.69, 9.17) is 4.42 Å². The van der Waals surface area contributed by atoms with E-state index >= 15 is 0 Å². The summed E-state index contributed by atoms with van der Waals surface area (Å²) in [4.78, 5) is 21.6. The van der Waals surface area contributed by atoms with Crippen molar-refractivity contribution in [3.8, 4) is 11.3 Å². The second-order valence-electron chi connectivity index (χ2n) is 3.52. The number of ether oxygens (including phenoxy) is 1. The zero-order chi connectivity index (χ0) is 13.0. The number of benzene rings is 1. The topological polar surface area (TPSA) is 68.5 Å². The van der Waals surface area contributed by atoms with Gasteiger partial charge in [-0.1, -0.05) is 12.1 Å². The van der Waals surface area contributed by atoms with Crippen LogP contribution in [0.1, 0.15) is 10.6 Å². The summed E-state index contributed by atoms with van der Waals surface area (Å²) >= 11 is 0. The van der Waals surface area contributed by atoms with Gasteiger partial charge in [-0.05, 0) is 24.3 Å². The average Bonchev–Trinajstić information content (AvgIpc) is 2.87.